The molecule has 0 saturated carbocycles. The second-order valence-electron chi connectivity index (χ2n) is 9.29. The van der Waals surface area contributed by atoms with E-state index in [1.54, 1.807) is 26.8 Å². The van der Waals surface area contributed by atoms with Crippen LogP contribution in [0.4, 0.5) is 9.59 Å². The minimum atomic E-state index is -1.07. The van der Waals surface area contributed by atoms with Gasteiger partial charge in [-0.05, 0) is 57.2 Å². The molecule has 39 heavy (non-hydrogen) atoms. The molecule has 0 spiro atoms. The van der Waals surface area contributed by atoms with E-state index in [1.165, 1.54) is 12.1 Å². The van der Waals surface area contributed by atoms with Gasteiger partial charge in [0.25, 0.3) is 0 Å². The first-order valence-electron chi connectivity index (χ1n) is 13.5. The van der Waals surface area contributed by atoms with Gasteiger partial charge in [-0.15, -0.1) is 0 Å². The first-order valence-corrected chi connectivity index (χ1v) is 13.5. The zero-order valence-electron chi connectivity index (χ0n) is 23.9. The highest BCUT2D eigenvalue weighted by Crippen LogP contribution is 2.30. The van der Waals surface area contributed by atoms with Crippen molar-refractivity contribution < 1.29 is 47.6 Å². The maximum atomic E-state index is 12.6. The molecule has 0 fully saturated rings. The third kappa shape index (κ3) is 12.8. The highest BCUT2D eigenvalue weighted by atomic mass is 16.7. The number of rotatable bonds is 16. The quantitative estimate of drug-likeness (QED) is 0.126. The normalized spacial score (nSPS) is 13.8. The number of hydrogen-bond acceptors (Lipinski definition) is 11. The lowest BCUT2D eigenvalue weighted by Crippen LogP contribution is -2.40. The van der Waals surface area contributed by atoms with Crippen molar-refractivity contribution >= 4 is 24.2 Å². The van der Waals surface area contributed by atoms with Crippen LogP contribution in [0.15, 0.2) is 18.2 Å². The average molecular weight is 554 g/mol. The Hall–Kier alpha value is -3.34. The molecule has 2 N–H and O–H groups in total. The minimum Gasteiger partial charge on any atom is -0.459 e. The molecule has 0 heterocycles. The summed E-state index contributed by atoms with van der Waals surface area (Å²) in [6, 6.07) is 3.32. The van der Waals surface area contributed by atoms with Crippen LogP contribution >= 0.6 is 0 Å². The number of nitrogens with two attached hydrogens (primary N) is 1. The molecule has 0 aliphatic heterocycles. The molecule has 0 saturated heterocycles. The highest BCUT2D eigenvalue weighted by molar-refractivity contribution is 5.76. The van der Waals surface area contributed by atoms with E-state index in [4.69, 9.17) is 34.2 Å². The molecule has 0 bridgehead atoms. The Bertz CT molecular complexity index is 935. The fourth-order valence-electron chi connectivity index (χ4n) is 2.95. The van der Waals surface area contributed by atoms with E-state index < -0.39 is 36.5 Å². The molecule has 1 aromatic carbocycles. The topological polar surface area (TPSA) is 150 Å². The summed E-state index contributed by atoms with van der Waals surface area (Å²) in [7, 11) is 0. The van der Waals surface area contributed by atoms with Crippen LogP contribution in [0, 0.1) is 5.92 Å². The molecule has 0 aromatic heterocycles. The maximum Gasteiger partial charge on any atom is 0.513 e. The molecule has 11 heteroatoms. The third-order valence-electron chi connectivity index (χ3n) is 5.87. The van der Waals surface area contributed by atoms with E-state index in [1.807, 2.05) is 20.8 Å². The number of ether oxygens (including phenoxy) is 6. The molecule has 4 atom stereocenters. The van der Waals surface area contributed by atoms with Crippen molar-refractivity contribution in [3.05, 3.63) is 23.8 Å². The lowest BCUT2D eigenvalue weighted by Gasteiger charge is -2.23. The lowest BCUT2D eigenvalue weighted by molar-refractivity contribution is -0.168. The molecule has 0 aliphatic rings. The largest absolute Gasteiger partial charge is 0.513 e. The first kappa shape index (κ1) is 33.7. The molecule has 1 rings (SSSR count). The predicted molar refractivity (Wildman–Crippen MR) is 142 cm³/mol. The number of hydrogen-bond donors (Lipinski definition) is 1. The monoisotopic (exact) mass is 553 g/mol. The van der Waals surface area contributed by atoms with Gasteiger partial charge in [0, 0.05) is 0 Å². The SMILES string of the molecule is CCCCOC(=O)Oc1ccc(C[C@H](N)C(=O)O[C@@H](C)[C@H](C)OC(=O)C(C)CC)cc1OC(=O)OCCCC. The number of unbranched alkanes of at least 4 members (excludes halogenated alkanes) is 2. The molecule has 0 amide bonds. The van der Waals surface area contributed by atoms with Crippen LogP contribution in [0.2, 0.25) is 0 Å². The van der Waals surface area contributed by atoms with E-state index in [2.05, 4.69) is 0 Å². The van der Waals surface area contributed by atoms with E-state index in [9.17, 15) is 19.2 Å². The Balaban J connectivity index is 2.90. The highest BCUT2D eigenvalue weighted by Gasteiger charge is 2.26. The van der Waals surface area contributed by atoms with E-state index in [-0.39, 0.29) is 43.0 Å². The fourth-order valence-corrected chi connectivity index (χ4v) is 2.95. The molecule has 1 aromatic rings. The molecular formula is C28H43NO10. The molecule has 11 nitrogen and oxygen atoms in total. The van der Waals surface area contributed by atoms with Gasteiger partial charge in [-0.2, -0.15) is 0 Å². The number of carbonyl (C=O) groups excluding carboxylic acids is 4. The van der Waals surface area contributed by atoms with Crippen LogP contribution in [-0.4, -0.2) is 55.7 Å². The molecule has 1 unspecified atom stereocenters. The summed E-state index contributed by atoms with van der Waals surface area (Å²) >= 11 is 0. The van der Waals surface area contributed by atoms with E-state index in [0.717, 1.165) is 12.8 Å². The van der Waals surface area contributed by atoms with Gasteiger partial charge < -0.3 is 34.2 Å². The van der Waals surface area contributed by atoms with Crippen LogP contribution in [0.3, 0.4) is 0 Å². The van der Waals surface area contributed by atoms with Gasteiger partial charge in [0.15, 0.2) is 11.5 Å². The van der Waals surface area contributed by atoms with Gasteiger partial charge >= 0.3 is 24.2 Å². The molecular weight excluding hydrogens is 510 g/mol. The Kier molecular flexibility index (Phi) is 15.6. The van der Waals surface area contributed by atoms with Crippen LogP contribution in [0.1, 0.15) is 79.2 Å². The predicted octanol–water partition coefficient (Wildman–Crippen LogP) is 5.10. The molecule has 0 radical (unpaired) electrons. The van der Waals surface area contributed by atoms with Gasteiger partial charge in [0.1, 0.15) is 18.2 Å². The Morgan fingerprint density at radius 2 is 1.28 bits per heavy atom. The van der Waals surface area contributed by atoms with Gasteiger partial charge in [-0.3, -0.25) is 9.59 Å². The lowest BCUT2D eigenvalue weighted by atomic mass is 10.1. The molecule has 0 aliphatic carbocycles. The van der Waals surface area contributed by atoms with E-state index in [0.29, 0.717) is 24.8 Å². The van der Waals surface area contributed by atoms with Crippen molar-refractivity contribution in [2.24, 2.45) is 11.7 Å². The molecule has 220 valence electrons. The Morgan fingerprint density at radius 1 is 0.769 bits per heavy atom. The first-order chi connectivity index (χ1) is 18.5. The average Bonchev–Trinajstić information content (AvgIpc) is 2.89. The number of benzene rings is 1. The fraction of sp³-hybridized carbons (Fsp3) is 0.643. The van der Waals surface area contributed by atoms with Gasteiger partial charge in [-0.25, -0.2) is 9.59 Å². The summed E-state index contributed by atoms with van der Waals surface area (Å²) in [5.41, 5.74) is 6.57. The number of carbonyl (C=O) groups is 4. The van der Waals surface area contributed by atoms with Crippen molar-refractivity contribution in [1.29, 1.82) is 0 Å². The van der Waals surface area contributed by atoms with Crippen molar-refractivity contribution in [2.45, 2.75) is 98.3 Å². The second-order valence-corrected chi connectivity index (χ2v) is 9.29. The van der Waals surface area contributed by atoms with E-state index >= 15 is 0 Å². The van der Waals surface area contributed by atoms with Crippen LogP contribution in [0.25, 0.3) is 0 Å². The Labute approximate surface area is 230 Å². The standard InChI is InChI=1S/C28H43NO10/c1-7-10-14-34-27(32)38-23-13-12-21(17-24(23)39-28(33)35-15-11-8-2)16-22(29)26(31)37-20(6)19(5)36-25(30)18(4)9-3/h12-13,17-20,22H,7-11,14-16,29H2,1-6H3/t18?,19-,20-,22-/m0/s1. The van der Waals surface area contributed by atoms with Crippen LogP contribution in [-0.2, 0) is 35.0 Å². The van der Waals surface area contributed by atoms with Crippen molar-refractivity contribution in [3.63, 3.8) is 0 Å². The zero-order chi connectivity index (χ0) is 29.4. The third-order valence-corrected chi connectivity index (χ3v) is 5.87. The summed E-state index contributed by atoms with van der Waals surface area (Å²) in [5, 5.41) is 0. The second kappa shape index (κ2) is 18.0. The van der Waals surface area contributed by atoms with Gasteiger partial charge in [0.2, 0.25) is 0 Å². The van der Waals surface area contributed by atoms with Gasteiger partial charge in [0.05, 0.1) is 19.1 Å². The zero-order valence-corrected chi connectivity index (χ0v) is 23.9. The number of esters is 2. The van der Waals surface area contributed by atoms with Crippen LogP contribution in [0.5, 0.6) is 11.5 Å². The van der Waals surface area contributed by atoms with Crippen molar-refractivity contribution in [2.75, 3.05) is 13.2 Å². The van der Waals surface area contributed by atoms with Crippen molar-refractivity contribution in [3.8, 4) is 11.5 Å². The maximum absolute atomic E-state index is 12.6. The summed E-state index contributed by atoms with van der Waals surface area (Å²) in [4.78, 5) is 48.8. The van der Waals surface area contributed by atoms with Gasteiger partial charge in [-0.1, -0.05) is 46.6 Å². The summed E-state index contributed by atoms with van der Waals surface area (Å²) < 4.78 is 31.3. The summed E-state index contributed by atoms with van der Waals surface area (Å²) in [5.74, 6) is -1.48. The summed E-state index contributed by atoms with van der Waals surface area (Å²) in [6.07, 6.45) is 0.362. The Morgan fingerprint density at radius 3 is 1.79 bits per heavy atom. The smallest absolute Gasteiger partial charge is 0.459 e. The summed E-state index contributed by atoms with van der Waals surface area (Å²) in [6.45, 7) is 11.1. The van der Waals surface area contributed by atoms with Crippen molar-refractivity contribution in [1.82, 2.24) is 0 Å². The van der Waals surface area contributed by atoms with Crippen LogP contribution < -0.4 is 15.2 Å². The minimum absolute atomic E-state index is 0.0229.